The Kier molecular flexibility index (Phi) is 4.91. The van der Waals surface area contributed by atoms with Crippen molar-refractivity contribution in [2.45, 2.75) is 37.0 Å². The molecule has 1 unspecified atom stereocenters. The molecule has 1 heterocycles. The number of nitrogens with one attached hydrogen (secondary N) is 1. The van der Waals surface area contributed by atoms with Gasteiger partial charge in [-0.2, -0.15) is 4.31 Å². The number of hydrogen-bond donors (Lipinski definition) is 2. The molecule has 1 fully saturated rings. The highest BCUT2D eigenvalue weighted by atomic mass is 32.2. The van der Waals surface area contributed by atoms with E-state index in [2.05, 4.69) is 5.32 Å². The van der Waals surface area contributed by atoms with E-state index in [1.54, 1.807) is 0 Å². The predicted molar refractivity (Wildman–Crippen MR) is 91.2 cm³/mol. The molecule has 1 amide bonds. The molecule has 0 saturated carbocycles. The predicted octanol–water partition coefficient (Wildman–Crippen LogP) is 2.47. The van der Waals surface area contributed by atoms with Crippen molar-refractivity contribution in [3.63, 3.8) is 0 Å². The van der Waals surface area contributed by atoms with Crippen LogP contribution in [0.15, 0.2) is 35.2 Å². The third-order valence-electron chi connectivity index (χ3n) is 4.57. The lowest BCUT2D eigenvalue weighted by molar-refractivity contribution is -0.120. The third-order valence-corrected chi connectivity index (χ3v) is 6.46. The summed E-state index contributed by atoms with van der Waals surface area (Å²) in [6.07, 6.45) is 8.01. The molecule has 1 aliphatic carbocycles. The number of carbonyl (C=O) groups excluding carboxylic acids is 1. The number of phenolic OH excluding ortho intramolecular Hbond substituents is 1. The van der Waals surface area contributed by atoms with Crippen molar-refractivity contribution in [1.29, 1.82) is 0 Å². The number of phenols is 1. The molecular formula is C17H22N2O4S. The van der Waals surface area contributed by atoms with Crippen molar-refractivity contribution in [3.8, 4) is 5.75 Å². The summed E-state index contributed by atoms with van der Waals surface area (Å²) < 4.78 is 26.7. The minimum atomic E-state index is -3.58. The van der Waals surface area contributed by atoms with Gasteiger partial charge >= 0.3 is 0 Å². The first-order valence-corrected chi connectivity index (χ1v) is 9.71. The fourth-order valence-electron chi connectivity index (χ4n) is 3.12. The lowest BCUT2D eigenvalue weighted by Crippen LogP contribution is -2.28. The van der Waals surface area contributed by atoms with Gasteiger partial charge in [-0.05, 0) is 50.3 Å². The summed E-state index contributed by atoms with van der Waals surface area (Å²) in [5, 5.41) is 12.7. The highest BCUT2D eigenvalue weighted by Crippen LogP contribution is 2.30. The summed E-state index contributed by atoms with van der Waals surface area (Å²) in [5.41, 5.74) is 0.148. The second-order valence-electron chi connectivity index (χ2n) is 6.26. The zero-order chi connectivity index (χ0) is 17.2. The van der Waals surface area contributed by atoms with E-state index in [-0.39, 0.29) is 28.2 Å². The maximum absolute atomic E-state index is 12.6. The topological polar surface area (TPSA) is 86.7 Å². The molecule has 6 nitrogen and oxygen atoms in total. The van der Waals surface area contributed by atoms with E-state index in [0.29, 0.717) is 19.5 Å². The van der Waals surface area contributed by atoms with Crippen LogP contribution in [0.5, 0.6) is 5.75 Å². The lowest BCUT2D eigenvalue weighted by atomic mass is 9.93. The SMILES string of the molecule is O=C(Nc1cc(S(=O)(=O)N2CCCC2)ccc1O)C1CC=CCC1. The summed E-state index contributed by atoms with van der Waals surface area (Å²) in [5.74, 6) is -0.464. The number of allylic oxidation sites excluding steroid dienone is 2. The molecule has 1 aromatic rings. The highest BCUT2D eigenvalue weighted by molar-refractivity contribution is 7.89. The Morgan fingerprint density at radius 2 is 1.96 bits per heavy atom. The molecule has 0 radical (unpaired) electrons. The van der Waals surface area contributed by atoms with Gasteiger partial charge in [0.25, 0.3) is 0 Å². The summed E-state index contributed by atoms with van der Waals surface area (Å²) in [6, 6.07) is 4.04. The van der Waals surface area contributed by atoms with Gasteiger partial charge in [-0.25, -0.2) is 8.42 Å². The molecule has 0 aromatic heterocycles. The molecule has 1 saturated heterocycles. The minimum absolute atomic E-state index is 0.0982. The first kappa shape index (κ1) is 17.0. The molecule has 1 aromatic carbocycles. The van der Waals surface area contributed by atoms with E-state index in [0.717, 1.165) is 25.7 Å². The summed E-state index contributed by atoms with van der Waals surface area (Å²) >= 11 is 0. The van der Waals surface area contributed by atoms with Crippen molar-refractivity contribution in [2.24, 2.45) is 5.92 Å². The molecule has 7 heteroatoms. The number of amides is 1. The fraction of sp³-hybridized carbons (Fsp3) is 0.471. The molecular weight excluding hydrogens is 328 g/mol. The van der Waals surface area contributed by atoms with Crippen LogP contribution in [0.2, 0.25) is 0 Å². The zero-order valence-corrected chi connectivity index (χ0v) is 14.3. The average Bonchev–Trinajstić information content (AvgIpc) is 3.13. The van der Waals surface area contributed by atoms with Gasteiger partial charge < -0.3 is 10.4 Å². The lowest BCUT2D eigenvalue weighted by Gasteiger charge is -2.19. The van der Waals surface area contributed by atoms with Gasteiger partial charge in [-0.15, -0.1) is 0 Å². The Morgan fingerprint density at radius 1 is 1.21 bits per heavy atom. The fourth-order valence-corrected chi connectivity index (χ4v) is 4.66. The number of benzene rings is 1. The van der Waals surface area contributed by atoms with Crippen LogP contribution in [-0.2, 0) is 14.8 Å². The largest absolute Gasteiger partial charge is 0.506 e. The molecule has 130 valence electrons. The maximum Gasteiger partial charge on any atom is 0.243 e. The van der Waals surface area contributed by atoms with Crippen molar-refractivity contribution in [1.82, 2.24) is 4.31 Å². The van der Waals surface area contributed by atoms with Gasteiger partial charge in [0.1, 0.15) is 5.75 Å². The van der Waals surface area contributed by atoms with Gasteiger partial charge in [0.2, 0.25) is 15.9 Å². The summed E-state index contributed by atoms with van der Waals surface area (Å²) in [7, 11) is -3.58. The highest BCUT2D eigenvalue weighted by Gasteiger charge is 2.28. The molecule has 0 bridgehead atoms. The van der Waals surface area contributed by atoms with Crippen molar-refractivity contribution >= 4 is 21.6 Å². The van der Waals surface area contributed by atoms with E-state index in [1.807, 2.05) is 12.2 Å². The molecule has 2 N–H and O–H groups in total. The van der Waals surface area contributed by atoms with Crippen LogP contribution in [0.4, 0.5) is 5.69 Å². The van der Waals surface area contributed by atoms with Crippen LogP contribution in [0.1, 0.15) is 32.1 Å². The molecule has 0 spiro atoms. The van der Waals surface area contributed by atoms with E-state index >= 15 is 0 Å². The second kappa shape index (κ2) is 6.94. The first-order valence-electron chi connectivity index (χ1n) is 8.27. The monoisotopic (exact) mass is 350 g/mol. The molecule has 1 atom stereocenters. The molecule has 2 aliphatic rings. The van der Waals surface area contributed by atoms with E-state index in [1.165, 1.54) is 22.5 Å². The normalized spacial score (nSPS) is 21.8. The van der Waals surface area contributed by atoms with Crippen molar-refractivity contribution in [3.05, 3.63) is 30.4 Å². The van der Waals surface area contributed by atoms with E-state index in [9.17, 15) is 18.3 Å². The van der Waals surface area contributed by atoms with Crippen molar-refractivity contribution in [2.75, 3.05) is 18.4 Å². The summed E-state index contributed by atoms with van der Waals surface area (Å²) in [4.78, 5) is 12.4. The molecule has 3 rings (SSSR count). The Bertz CT molecular complexity index is 752. The zero-order valence-electron chi connectivity index (χ0n) is 13.4. The first-order chi connectivity index (χ1) is 11.5. The van der Waals surface area contributed by atoms with Gasteiger partial charge in [0.05, 0.1) is 10.6 Å². The molecule has 1 aliphatic heterocycles. The Morgan fingerprint density at radius 3 is 2.62 bits per heavy atom. The van der Waals surface area contributed by atoms with Crippen LogP contribution in [0.3, 0.4) is 0 Å². The van der Waals surface area contributed by atoms with Crippen LogP contribution < -0.4 is 5.32 Å². The number of sulfonamides is 1. The van der Waals surface area contributed by atoms with Gasteiger partial charge in [-0.3, -0.25) is 4.79 Å². The number of anilines is 1. The number of hydrogen-bond acceptors (Lipinski definition) is 4. The number of rotatable bonds is 4. The maximum atomic E-state index is 12.6. The third kappa shape index (κ3) is 3.47. The molecule has 24 heavy (non-hydrogen) atoms. The van der Waals surface area contributed by atoms with Crippen molar-refractivity contribution < 1.29 is 18.3 Å². The minimum Gasteiger partial charge on any atom is -0.506 e. The number of carbonyl (C=O) groups is 1. The summed E-state index contributed by atoms with van der Waals surface area (Å²) in [6.45, 7) is 1.03. The average molecular weight is 350 g/mol. The Labute approximate surface area is 142 Å². The van der Waals surface area contributed by atoms with Crippen LogP contribution in [0.25, 0.3) is 0 Å². The van der Waals surface area contributed by atoms with Gasteiger partial charge in [-0.1, -0.05) is 12.2 Å². The second-order valence-corrected chi connectivity index (χ2v) is 8.20. The van der Waals surface area contributed by atoms with Crippen LogP contribution in [0, 0.1) is 5.92 Å². The number of aromatic hydroxyl groups is 1. The van der Waals surface area contributed by atoms with E-state index in [4.69, 9.17) is 0 Å². The van der Waals surface area contributed by atoms with Gasteiger partial charge in [0.15, 0.2) is 0 Å². The van der Waals surface area contributed by atoms with E-state index < -0.39 is 10.0 Å². The smallest absolute Gasteiger partial charge is 0.243 e. The quantitative estimate of drug-likeness (QED) is 0.645. The van der Waals surface area contributed by atoms with Gasteiger partial charge in [0, 0.05) is 19.0 Å². The Hall–Kier alpha value is -1.86. The number of nitrogens with zero attached hydrogens (tertiary/aromatic N) is 1. The van der Waals surface area contributed by atoms with Crippen LogP contribution >= 0.6 is 0 Å². The Balaban J connectivity index is 1.81. The standard InChI is InChI=1S/C17H22N2O4S/c20-16-9-8-14(24(22,23)19-10-4-5-11-19)12-15(16)18-17(21)13-6-2-1-3-7-13/h1-2,8-9,12-13,20H,3-7,10-11H2,(H,18,21). The van der Waals surface area contributed by atoms with Crippen LogP contribution in [-0.4, -0.2) is 36.8 Å².